The molecule has 0 bridgehead atoms. The highest BCUT2D eigenvalue weighted by Gasteiger charge is 2.22. The molecule has 7 nitrogen and oxygen atoms in total. The Morgan fingerprint density at radius 2 is 1.84 bits per heavy atom. The molecule has 2 aromatic heterocycles. The molecule has 31 heavy (non-hydrogen) atoms. The molecule has 0 spiro atoms. The summed E-state index contributed by atoms with van der Waals surface area (Å²) < 4.78 is 2.64. The summed E-state index contributed by atoms with van der Waals surface area (Å²) in [7, 11) is 1.47. The SMILES string of the molecule is CCCn1c(=O)n(C)c(=O)c2c(SC(C#N)Cc3ccc(C)cc3)nc(C(C)C)nc21. The number of hydrogen-bond acceptors (Lipinski definition) is 6. The fourth-order valence-electron chi connectivity index (χ4n) is 3.31. The summed E-state index contributed by atoms with van der Waals surface area (Å²) >= 11 is 1.26. The van der Waals surface area contributed by atoms with Crippen molar-refractivity contribution in [2.45, 2.75) is 63.3 Å². The number of aryl methyl sites for hydroxylation is 2. The Balaban J connectivity index is 2.18. The summed E-state index contributed by atoms with van der Waals surface area (Å²) in [6, 6.07) is 10.4. The molecule has 0 saturated carbocycles. The lowest BCUT2D eigenvalue weighted by molar-refractivity contribution is 0.603. The summed E-state index contributed by atoms with van der Waals surface area (Å²) in [6.45, 7) is 8.37. The van der Waals surface area contributed by atoms with Gasteiger partial charge in [-0.1, -0.05) is 62.4 Å². The molecule has 162 valence electrons. The van der Waals surface area contributed by atoms with Crippen molar-refractivity contribution < 1.29 is 0 Å². The Kier molecular flexibility index (Phi) is 6.96. The molecule has 1 aromatic carbocycles. The molecule has 0 saturated heterocycles. The normalized spacial score (nSPS) is 12.3. The fraction of sp³-hybridized carbons (Fsp3) is 0.435. The molecule has 1 atom stereocenters. The van der Waals surface area contributed by atoms with Gasteiger partial charge in [0.25, 0.3) is 5.56 Å². The Hall–Kier alpha value is -2.92. The number of thioether (sulfide) groups is 1. The zero-order valence-corrected chi connectivity index (χ0v) is 19.4. The Morgan fingerprint density at radius 3 is 2.42 bits per heavy atom. The van der Waals surface area contributed by atoms with E-state index in [4.69, 9.17) is 0 Å². The van der Waals surface area contributed by atoms with E-state index in [9.17, 15) is 14.9 Å². The topological polar surface area (TPSA) is 93.6 Å². The van der Waals surface area contributed by atoms with Crippen molar-refractivity contribution >= 4 is 22.8 Å². The molecule has 0 aliphatic rings. The van der Waals surface area contributed by atoms with E-state index in [1.54, 1.807) is 0 Å². The maximum Gasteiger partial charge on any atom is 0.332 e. The maximum absolute atomic E-state index is 13.0. The van der Waals surface area contributed by atoms with Gasteiger partial charge in [-0.2, -0.15) is 5.26 Å². The summed E-state index contributed by atoms with van der Waals surface area (Å²) in [5, 5.41) is 10.1. The lowest BCUT2D eigenvalue weighted by atomic mass is 10.1. The van der Waals surface area contributed by atoms with Crippen molar-refractivity contribution in [2.75, 3.05) is 0 Å². The average molecular weight is 438 g/mol. The third kappa shape index (κ3) is 4.72. The second kappa shape index (κ2) is 9.48. The zero-order chi connectivity index (χ0) is 22.7. The zero-order valence-electron chi connectivity index (χ0n) is 18.5. The number of nitrogens with zero attached hydrogens (tertiary/aromatic N) is 5. The molecular formula is C23H27N5O2S. The van der Waals surface area contributed by atoms with Crippen LogP contribution in [0, 0.1) is 18.3 Å². The van der Waals surface area contributed by atoms with Crippen LogP contribution in [-0.2, 0) is 20.0 Å². The smallest absolute Gasteiger partial charge is 0.277 e. The van der Waals surface area contributed by atoms with E-state index in [-0.39, 0.29) is 11.6 Å². The standard InChI is InChI=1S/C23H27N5O2S/c1-6-11-28-20-18(22(29)27(5)23(28)30)21(26-19(25-20)14(2)3)31-17(13-24)12-16-9-7-15(4)8-10-16/h7-10,14,17H,6,11-12H2,1-5H3. The van der Waals surface area contributed by atoms with Crippen LogP contribution in [0.3, 0.4) is 0 Å². The van der Waals surface area contributed by atoms with Gasteiger partial charge in [-0.05, 0) is 25.3 Å². The van der Waals surface area contributed by atoms with Crippen molar-refractivity contribution in [1.82, 2.24) is 19.1 Å². The Labute approximate surface area is 185 Å². The highest BCUT2D eigenvalue weighted by atomic mass is 32.2. The Morgan fingerprint density at radius 1 is 1.16 bits per heavy atom. The Bertz CT molecular complexity index is 1250. The predicted molar refractivity (Wildman–Crippen MR) is 124 cm³/mol. The van der Waals surface area contributed by atoms with E-state index in [0.717, 1.165) is 22.1 Å². The molecule has 0 radical (unpaired) electrons. The van der Waals surface area contributed by atoms with E-state index < -0.39 is 10.8 Å². The largest absolute Gasteiger partial charge is 0.332 e. The second-order valence-electron chi connectivity index (χ2n) is 7.96. The van der Waals surface area contributed by atoms with Crippen LogP contribution in [0.4, 0.5) is 0 Å². The maximum atomic E-state index is 13.0. The van der Waals surface area contributed by atoms with Crippen LogP contribution in [0.2, 0.25) is 0 Å². The van der Waals surface area contributed by atoms with Gasteiger partial charge in [0.1, 0.15) is 21.5 Å². The number of benzene rings is 1. The van der Waals surface area contributed by atoms with Gasteiger partial charge in [-0.25, -0.2) is 14.8 Å². The highest BCUT2D eigenvalue weighted by Crippen LogP contribution is 2.29. The first-order valence-electron chi connectivity index (χ1n) is 10.4. The molecule has 8 heteroatoms. The van der Waals surface area contributed by atoms with Gasteiger partial charge >= 0.3 is 5.69 Å². The molecule has 0 aliphatic heterocycles. The number of nitriles is 1. The van der Waals surface area contributed by atoms with E-state index in [2.05, 4.69) is 16.0 Å². The lowest BCUT2D eigenvalue weighted by Crippen LogP contribution is -2.39. The van der Waals surface area contributed by atoms with E-state index in [0.29, 0.717) is 34.8 Å². The third-order valence-corrected chi connectivity index (χ3v) is 6.14. The van der Waals surface area contributed by atoms with E-state index in [1.165, 1.54) is 23.4 Å². The minimum atomic E-state index is -0.433. The van der Waals surface area contributed by atoms with Crippen LogP contribution >= 0.6 is 11.8 Å². The van der Waals surface area contributed by atoms with Crippen LogP contribution in [0.1, 0.15) is 50.1 Å². The molecule has 3 aromatic rings. The first-order chi connectivity index (χ1) is 14.8. The number of rotatable bonds is 7. The van der Waals surface area contributed by atoms with Crippen LogP contribution in [0.25, 0.3) is 11.0 Å². The molecule has 0 aliphatic carbocycles. The summed E-state index contributed by atoms with van der Waals surface area (Å²) in [4.78, 5) is 35.0. The molecule has 0 fully saturated rings. The van der Waals surface area contributed by atoms with Crippen LogP contribution in [0.5, 0.6) is 0 Å². The van der Waals surface area contributed by atoms with Gasteiger partial charge in [-0.3, -0.25) is 13.9 Å². The molecule has 2 heterocycles. The first kappa shape index (κ1) is 22.8. The van der Waals surface area contributed by atoms with Crippen LogP contribution in [-0.4, -0.2) is 24.4 Å². The third-order valence-electron chi connectivity index (χ3n) is 5.07. The van der Waals surface area contributed by atoms with Crippen LogP contribution < -0.4 is 11.2 Å². The minimum absolute atomic E-state index is 0.00983. The van der Waals surface area contributed by atoms with Crippen LogP contribution in [0.15, 0.2) is 38.9 Å². The van der Waals surface area contributed by atoms with Crippen molar-refractivity contribution in [2.24, 2.45) is 7.05 Å². The molecular weight excluding hydrogens is 410 g/mol. The van der Waals surface area contributed by atoms with Gasteiger partial charge < -0.3 is 0 Å². The van der Waals surface area contributed by atoms with Crippen molar-refractivity contribution in [1.29, 1.82) is 5.26 Å². The molecule has 3 rings (SSSR count). The van der Waals surface area contributed by atoms with Crippen molar-refractivity contribution in [3.8, 4) is 6.07 Å². The van der Waals surface area contributed by atoms with Crippen molar-refractivity contribution in [3.63, 3.8) is 0 Å². The minimum Gasteiger partial charge on any atom is -0.277 e. The van der Waals surface area contributed by atoms with Gasteiger partial charge in [0.2, 0.25) is 0 Å². The van der Waals surface area contributed by atoms with E-state index >= 15 is 0 Å². The van der Waals surface area contributed by atoms with E-state index in [1.807, 2.05) is 52.0 Å². The fourth-order valence-corrected chi connectivity index (χ4v) is 4.35. The molecule has 0 amide bonds. The van der Waals surface area contributed by atoms with Gasteiger partial charge in [-0.15, -0.1) is 0 Å². The monoisotopic (exact) mass is 437 g/mol. The predicted octanol–water partition coefficient (Wildman–Crippen LogP) is 3.56. The second-order valence-corrected chi connectivity index (χ2v) is 9.16. The molecule has 1 unspecified atom stereocenters. The highest BCUT2D eigenvalue weighted by molar-refractivity contribution is 8.00. The van der Waals surface area contributed by atoms with Gasteiger partial charge in [0.15, 0.2) is 5.65 Å². The number of hydrogen-bond donors (Lipinski definition) is 0. The average Bonchev–Trinajstić information content (AvgIpc) is 2.75. The quantitative estimate of drug-likeness (QED) is 0.414. The van der Waals surface area contributed by atoms with Crippen molar-refractivity contribution in [3.05, 3.63) is 62.1 Å². The van der Waals surface area contributed by atoms with Gasteiger partial charge in [0, 0.05) is 19.5 Å². The van der Waals surface area contributed by atoms with Gasteiger partial charge in [0.05, 0.1) is 6.07 Å². The first-order valence-corrected chi connectivity index (χ1v) is 11.3. The number of aromatic nitrogens is 4. The summed E-state index contributed by atoms with van der Waals surface area (Å²) in [5.74, 6) is 0.565. The summed E-state index contributed by atoms with van der Waals surface area (Å²) in [5.41, 5.74) is 1.73. The molecule has 0 N–H and O–H groups in total. The summed E-state index contributed by atoms with van der Waals surface area (Å²) in [6.07, 6.45) is 1.25. The number of fused-ring (bicyclic) bond motifs is 1. The lowest BCUT2D eigenvalue weighted by Gasteiger charge is -2.16.